The Balaban J connectivity index is 2.46. The Bertz CT molecular complexity index is 404. The van der Waals surface area contributed by atoms with Crippen molar-refractivity contribution in [2.75, 3.05) is 20.6 Å². The Morgan fingerprint density at radius 3 is 2.42 bits per heavy atom. The van der Waals surface area contributed by atoms with Crippen LogP contribution in [0.2, 0.25) is 0 Å². The summed E-state index contributed by atoms with van der Waals surface area (Å²) in [5.74, 6) is -0.0119. The molecule has 0 fully saturated rings. The highest BCUT2D eigenvalue weighted by atomic mass is 32.1. The van der Waals surface area contributed by atoms with Gasteiger partial charge in [-0.1, -0.05) is 30.3 Å². The van der Waals surface area contributed by atoms with Crippen LogP contribution in [0.15, 0.2) is 30.3 Å². The molecule has 106 valence electrons. The molecule has 0 aliphatic carbocycles. The third kappa shape index (κ3) is 5.25. The summed E-state index contributed by atoms with van der Waals surface area (Å²) in [6, 6.07) is 9.95. The molecule has 1 N–H and O–H groups in total. The fraction of sp³-hybridized carbons (Fsp3) is 0.533. The molecule has 0 radical (unpaired) electrons. The van der Waals surface area contributed by atoms with E-state index in [0.29, 0.717) is 13.0 Å². The number of carbonyl (C=O) groups excluding carboxylic acids is 1. The van der Waals surface area contributed by atoms with Crippen LogP contribution in [0, 0.1) is 0 Å². The Morgan fingerprint density at radius 1 is 1.32 bits per heavy atom. The van der Waals surface area contributed by atoms with Crippen LogP contribution in [0.3, 0.4) is 0 Å². The minimum Gasteiger partial charge on any atom is -0.353 e. The van der Waals surface area contributed by atoms with Gasteiger partial charge in [-0.15, -0.1) is 0 Å². The molecule has 4 heteroatoms. The molecule has 3 nitrogen and oxygen atoms in total. The molecule has 19 heavy (non-hydrogen) atoms. The zero-order chi connectivity index (χ0) is 14.5. The molecule has 0 heterocycles. The van der Waals surface area contributed by atoms with E-state index in [1.807, 2.05) is 44.4 Å². The standard InChI is InChI=1S/C15H24N2OS/c1-15(2,17(3)4)11-16-14(18)13(19)10-12-8-6-5-7-9-12/h5-9,13,19H,10-11H2,1-4H3,(H,16,18). The molecule has 0 saturated carbocycles. The minimum atomic E-state index is -0.305. The summed E-state index contributed by atoms with van der Waals surface area (Å²) < 4.78 is 0. The third-order valence-electron chi connectivity index (χ3n) is 3.48. The van der Waals surface area contributed by atoms with Gasteiger partial charge in [-0.05, 0) is 39.9 Å². The van der Waals surface area contributed by atoms with Crippen molar-refractivity contribution in [3.8, 4) is 0 Å². The lowest BCUT2D eigenvalue weighted by molar-refractivity contribution is -0.121. The summed E-state index contributed by atoms with van der Waals surface area (Å²) >= 11 is 4.39. The highest BCUT2D eigenvalue weighted by Crippen LogP contribution is 2.10. The summed E-state index contributed by atoms with van der Waals surface area (Å²) in [5.41, 5.74) is 1.07. The van der Waals surface area contributed by atoms with Gasteiger partial charge in [-0.2, -0.15) is 12.6 Å². The monoisotopic (exact) mass is 280 g/mol. The Morgan fingerprint density at radius 2 is 1.89 bits per heavy atom. The van der Waals surface area contributed by atoms with Gasteiger partial charge in [0.25, 0.3) is 0 Å². The van der Waals surface area contributed by atoms with Gasteiger partial charge in [-0.3, -0.25) is 4.79 Å². The van der Waals surface area contributed by atoms with E-state index in [-0.39, 0.29) is 16.7 Å². The number of likely N-dealkylation sites (N-methyl/N-ethyl adjacent to an activating group) is 1. The molecular weight excluding hydrogens is 256 g/mol. The molecule has 1 aromatic carbocycles. The predicted molar refractivity (Wildman–Crippen MR) is 83.7 cm³/mol. The summed E-state index contributed by atoms with van der Waals surface area (Å²) in [7, 11) is 4.02. The molecule has 0 aliphatic heterocycles. The number of benzene rings is 1. The molecule has 0 aliphatic rings. The normalized spacial score (nSPS) is 13.4. The molecule has 1 amide bonds. The van der Waals surface area contributed by atoms with E-state index >= 15 is 0 Å². The van der Waals surface area contributed by atoms with Crippen molar-refractivity contribution in [2.24, 2.45) is 0 Å². The lowest BCUT2D eigenvalue weighted by Crippen LogP contribution is -2.49. The minimum absolute atomic E-state index is 0.0119. The molecule has 1 rings (SSSR count). The first-order valence-corrected chi connectivity index (χ1v) is 7.02. The van der Waals surface area contributed by atoms with Crippen molar-refractivity contribution >= 4 is 18.5 Å². The Hall–Kier alpha value is -1.00. The van der Waals surface area contributed by atoms with Gasteiger partial charge >= 0.3 is 0 Å². The van der Waals surface area contributed by atoms with Crippen molar-refractivity contribution in [1.29, 1.82) is 0 Å². The summed E-state index contributed by atoms with van der Waals surface area (Å²) in [4.78, 5) is 14.1. The van der Waals surface area contributed by atoms with Crippen LogP contribution in [-0.4, -0.2) is 42.2 Å². The molecule has 0 aromatic heterocycles. The Kier molecular flexibility index (Phi) is 5.88. The van der Waals surface area contributed by atoms with Crippen molar-refractivity contribution in [1.82, 2.24) is 10.2 Å². The fourth-order valence-corrected chi connectivity index (χ4v) is 1.81. The van der Waals surface area contributed by atoms with Crippen molar-refractivity contribution in [3.05, 3.63) is 35.9 Å². The predicted octanol–water partition coefficient (Wildman–Crippen LogP) is 1.98. The average molecular weight is 280 g/mol. The maximum absolute atomic E-state index is 12.0. The average Bonchev–Trinajstić information content (AvgIpc) is 2.37. The van der Waals surface area contributed by atoms with Gasteiger partial charge in [0.15, 0.2) is 0 Å². The zero-order valence-corrected chi connectivity index (χ0v) is 13.1. The van der Waals surface area contributed by atoms with Gasteiger partial charge in [0.05, 0.1) is 5.25 Å². The van der Waals surface area contributed by atoms with E-state index in [2.05, 4.69) is 36.7 Å². The van der Waals surface area contributed by atoms with E-state index in [9.17, 15) is 4.79 Å². The maximum atomic E-state index is 12.0. The summed E-state index contributed by atoms with van der Waals surface area (Å²) in [5, 5.41) is 2.66. The molecule has 0 bridgehead atoms. The first kappa shape index (κ1) is 16.1. The van der Waals surface area contributed by atoms with E-state index in [4.69, 9.17) is 0 Å². The Labute approximate surface area is 121 Å². The van der Waals surface area contributed by atoms with Gasteiger partial charge in [0.1, 0.15) is 0 Å². The SMILES string of the molecule is CN(C)C(C)(C)CNC(=O)C(S)Cc1ccccc1. The van der Waals surface area contributed by atoms with E-state index in [1.165, 1.54) is 0 Å². The van der Waals surface area contributed by atoms with Gasteiger partial charge in [-0.25, -0.2) is 0 Å². The molecule has 1 atom stereocenters. The van der Waals surface area contributed by atoms with Crippen molar-refractivity contribution in [3.63, 3.8) is 0 Å². The van der Waals surface area contributed by atoms with Crippen LogP contribution in [0.4, 0.5) is 0 Å². The lowest BCUT2D eigenvalue weighted by atomic mass is 10.0. The summed E-state index contributed by atoms with van der Waals surface area (Å²) in [6.45, 7) is 4.81. The van der Waals surface area contributed by atoms with Crippen LogP contribution < -0.4 is 5.32 Å². The van der Waals surface area contributed by atoms with Crippen molar-refractivity contribution in [2.45, 2.75) is 31.1 Å². The molecular formula is C15H24N2OS. The maximum Gasteiger partial charge on any atom is 0.233 e. The number of nitrogens with one attached hydrogen (secondary N) is 1. The molecule has 0 saturated heterocycles. The van der Waals surface area contributed by atoms with Crippen LogP contribution in [0.25, 0.3) is 0 Å². The quantitative estimate of drug-likeness (QED) is 0.781. The number of carbonyl (C=O) groups is 1. The second-order valence-electron chi connectivity index (χ2n) is 5.63. The highest BCUT2D eigenvalue weighted by Gasteiger charge is 2.23. The molecule has 0 spiro atoms. The topological polar surface area (TPSA) is 32.3 Å². The number of amides is 1. The molecule has 1 aromatic rings. The second kappa shape index (κ2) is 6.96. The summed E-state index contributed by atoms with van der Waals surface area (Å²) in [6.07, 6.45) is 0.651. The van der Waals surface area contributed by atoms with Crippen LogP contribution in [0.5, 0.6) is 0 Å². The zero-order valence-electron chi connectivity index (χ0n) is 12.2. The first-order valence-electron chi connectivity index (χ1n) is 6.50. The van der Waals surface area contributed by atoms with Crippen LogP contribution in [0.1, 0.15) is 19.4 Å². The number of hydrogen-bond acceptors (Lipinski definition) is 3. The van der Waals surface area contributed by atoms with Crippen LogP contribution >= 0.6 is 12.6 Å². The smallest absolute Gasteiger partial charge is 0.233 e. The lowest BCUT2D eigenvalue weighted by Gasteiger charge is -2.33. The van der Waals surface area contributed by atoms with Gasteiger partial charge < -0.3 is 10.2 Å². The van der Waals surface area contributed by atoms with Gasteiger partial charge in [0, 0.05) is 12.1 Å². The number of rotatable bonds is 6. The highest BCUT2D eigenvalue weighted by molar-refractivity contribution is 7.81. The number of hydrogen-bond donors (Lipinski definition) is 2. The van der Waals surface area contributed by atoms with E-state index in [1.54, 1.807) is 0 Å². The molecule has 1 unspecified atom stereocenters. The van der Waals surface area contributed by atoms with Gasteiger partial charge in [0.2, 0.25) is 5.91 Å². The second-order valence-corrected chi connectivity index (χ2v) is 6.25. The van der Waals surface area contributed by atoms with E-state index < -0.39 is 0 Å². The number of nitrogens with zero attached hydrogens (tertiary/aromatic N) is 1. The first-order chi connectivity index (χ1) is 8.83. The fourth-order valence-electron chi connectivity index (χ4n) is 1.51. The van der Waals surface area contributed by atoms with Crippen LogP contribution in [-0.2, 0) is 11.2 Å². The number of thiol groups is 1. The third-order valence-corrected chi connectivity index (χ3v) is 3.90. The largest absolute Gasteiger partial charge is 0.353 e. The van der Waals surface area contributed by atoms with E-state index in [0.717, 1.165) is 5.56 Å². The van der Waals surface area contributed by atoms with Crippen molar-refractivity contribution < 1.29 is 4.79 Å².